The molecule has 6 heteroatoms. The van der Waals surface area contributed by atoms with Gasteiger partial charge in [0.15, 0.2) is 0 Å². The predicted octanol–water partition coefficient (Wildman–Crippen LogP) is 1.46. The molecule has 2 aromatic heterocycles. The van der Waals surface area contributed by atoms with Crippen molar-refractivity contribution in [2.45, 2.75) is 20.4 Å². The number of aryl methyl sites for hydroxylation is 2. The Labute approximate surface area is 99.0 Å². The minimum atomic E-state index is 0.328. The number of nitrogen functional groups attached to an aromatic ring is 2. The van der Waals surface area contributed by atoms with Crippen LogP contribution in [0, 0.1) is 13.8 Å². The minimum absolute atomic E-state index is 0.328. The van der Waals surface area contributed by atoms with E-state index in [1.54, 1.807) is 12.1 Å². The van der Waals surface area contributed by atoms with Crippen LogP contribution in [-0.2, 0) is 6.54 Å². The zero-order valence-electron chi connectivity index (χ0n) is 9.82. The van der Waals surface area contributed by atoms with E-state index < -0.39 is 0 Å². The molecule has 5 N–H and O–H groups in total. The molecule has 17 heavy (non-hydrogen) atoms. The molecule has 6 nitrogen and oxygen atoms in total. The lowest BCUT2D eigenvalue weighted by atomic mass is 10.2. The Balaban J connectivity index is 2.10. The molecule has 0 aromatic carbocycles. The van der Waals surface area contributed by atoms with E-state index in [1.165, 1.54) is 0 Å². The molecule has 0 aliphatic rings. The SMILES string of the molecule is Cc1noc(C)c1CNc1ccc(N)c(N)n1. The normalized spacial score (nSPS) is 10.5. The van der Waals surface area contributed by atoms with Gasteiger partial charge in [0.2, 0.25) is 0 Å². The molecular formula is C11H15N5O. The highest BCUT2D eigenvalue weighted by Gasteiger charge is 2.08. The highest BCUT2D eigenvalue weighted by molar-refractivity contribution is 5.61. The van der Waals surface area contributed by atoms with Crippen LogP contribution < -0.4 is 16.8 Å². The van der Waals surface area contributed by atoms with Crippen molar-refractivity contribution in [1.82, 2.24) is 10.1 Å². The van der Waals surface area contributed by atoms with Crippen molar-refractivity contribution in [3.8, 4) is 0 Å². The summed E-state index contributed by atoms with van der Waals surface area (Å²) in [7, 11) is 0. The van der Waals surface area contributed by atoms with Gasteiger partial charge in [0, 0.05) is 12.1 Å². The van der Waals surface area contributed by atoms with Gasteiger partial charge < -0.3 is 21.3 Å². The highest BCUT2D eigenvalue weighted by Crippen LogP contribution is 2.17. The van der Waals surface area contributed by atoms with Crippen molar-refractivity contribution in [1.29, 1.82) is 0 Å². The van der Waals surface area contributed by atoms with E-state index in [-0.39, 0.29) is 0 Å². The summed E-state index contributed by atoms with van der Waals surface area (Å²) in [5, 5.41) is 7.03. The number of hydrogen-bond donors (Lipinski definition) is 3. The van der Waals surface area contributed by atoms with Gasteiger partial charge in [0.25, 0.3) is 0 Å². The minimum Gasteiger partial charge on any atom is -0.396 e. The van der Waals surface area contributed by atoms with E-state index >= 15 is 0 Å². The maximum atomic E-state index is 5.62. The average molecular weight is 233 g/mol. The third kappa shape index (κ3) is 2.30. The first-order valence-corrected chi connectivity index (χ1v) is 5.25. The molecule has 0 fully saturated rings. The van der Waals surface area contributed by atoms with Gasteiger partial charge in [-0.3, -0.25) is 0 Å². The Kier molecular flexibility index (Phi) is 2.86. The number of nitrogens with two attached hydrogens (primary N) is 2. The second-order valence-electron chi connectivity index (χ2n) is 3.83. The molecule has 90 valence electrons. The van der Waals surface area contributed by atoms with Crippen LogP contribution in [0.25, 0.3) is 0 Å². The van der Waals surface area contributed by atoms with Gasteiger partial charge in [-0.25, -0.2) is 4.98 Å². The fourth-order valence-electron chi connectivity index (χ4n) is 1.52. The molecule has 0 saturated carbocycles. The topological polar surface area (TPSA) is 103 Å². The van der Waals surface area contributed by atoms with Gasteiger partial charge in [-0.15, -0.1) is 0 Å². The molecule has 0 spiro atoms. The molecule has 0 aliphatic heterocycles. The maximum absolute atomic E-state index is 5.62. The van der Waals surface area contributed by atoms with Crippen molar-refractivity contribution in [2.24, 2.45) is 0 Å². The average Bonchev–Trinajstić information content (AvgIpc) is 2.61. The van der Waals surface area contributed by atoms with Crippen LogP contribution in [-0.4, -0.2) is 10.1 Å². The van der Waals surface area contributed by atoms with Crippen LogP contribution in [0.15, 0.2) is 16.7 Å². The van der Waals surface area contributed by atoms with Gasteiger partial charge in [0.1, 0.15) is 17.4 Å². The number of anilines is 3. The molecule has 0 unspecified atom stereocenters. The summed E-state index contributed by atoms with van der Waals surface area (Å²) in [5.41, 5.74) is 13.6. The van der Waals surface area contributed by atoms with Crippen molar-refractivity contribution in [2.75, 3.05) is 16.8 Å². The number of aromatic nitrogens is 2. The van der Waals surface area contributed by atoms with E-state index in [4.69, 9.17) is 16.0 Å². The van der Waals surface area contributed by atoms with E-state index in [0.29, 0.717) is 23.9 Å². The zero-order valence-corrected chi connectivity index (χ0v) is 9.82. The number of pyridine rings is 1. The van der Waals surface area contributed by atoms with Crippen LogP contribution in [0.3, 0.4) is 0 Å². The molecule has 2 rings (SSSR count). The Morgan fingerprint density at radius 3 is 2.65 bits per heavy atom. The number of nitrogens with one attached hydrogen (secondary N) is 1. The van der Waals surface area contributed by atoms with E-state index in [0.717, 1.165) is 17.0 Å². The molecule has 0 saturated heterocycles. The summed E-state index contributed by atoms with van der Waals surface area (Å²) in [6.07, 6.45) is 0. The first-order valence-electron chi connectivity index (χ1n) is 5.25. The largest absolute Gasteiger partial charge is 0.396 e. The Morgan fingerprint density at radius 1 is 1.29 bits per heavy atom. The van der Waals surface area contributed by atoms with Crippen molar-refractivity contribution >= 4 is 17.3 Å². The van der Waals surface area contributed by atoms with Crippen LogP contribution in [0.2, 0.25) is 0 Å². The highest BCUT2D eigenvalue weighted by atomic mass is 16.5. The van der Waals surface area contributed by atoms with Crippen molar-refractivity contribution < 1.29 is 4.52 Å². The summed E-state index contributed by atoms with van der Waals surface area (Å²) in [5.74, 6) is 1.81. The third-order valence-electron chi connectivity index (χ3n) is 2.58. The molecule has 0 amide bonds. The predicted molar refractivity (Wildman–Crippen MR) is 66.4 cm³/mol. The second-order valence-corrected chi connectivity index (χ2v) is 3.83. The zero-order chi connectivity index (χ0) is 12.4. The summed E-state index contributed by atoms with van der Waals surface area (Å²) in [6.45, 7) is 4.37. The fourth-order valence-corrected chi connectivity index (χ4v) is 1.52. The lowest BCUT2D eigenvalue weighted by Gasteiger charge is -2.06. The van der Waals surface area contributed by atoms with Gasteiger partial charge >= 0.3 is 0 Å². The Hall–Kier alpha value is -2.24. The Bertz CT molecular complexity index is 515. The maximum Gasteiger partial charge on any atom is 0.149 e. The van der Waals surface area contributed by atoms with Gasteiger partial charge in [-0.1, -0.05) is 5.16 Å². The van der Waals surface area contributed by atoms with E-state index in [9.17, 15) is 0 Å². The molecule has 2 heterocycles. The molecule has 0 atom stereocenters. The Morgan fingerprint density at radius 2 is 2.06 bits per heavy atom. The number of rotatable bonds is 3. The number of nitrogens with zero attached hydrogens (tertiary/aromatic N) is 2. The van der Waals surface area contributed by atoms with Crippen LogP contribution >= 0.6 is 0 Å². The molecule has 2 aromatic rings. The van der Waals surface area contributed by atoms with Crippen molar-refractivity contribution in [3.63, 3.8) is 0 Å². The summed E-state index contributed by atoms with van der Waals surface area (Å²) in [4.78, 5) is 4.12. The molecule has 0 aliphatic carbocycles. The third-order valence-corrected chi connectivity index (χ3v) is 2.58. The lowest BCUT2D eigenvalue weighted by molar-refractivity contribution is 0.392. The summed E-state index contributed by atoms with van der Waals surface area (Å²) >= 11 is 0. The van der Waals surface area contributed by atoms with Gasteiger partial charge in [0.05, 0.1) is 11.4 Å². The van der Waals surface area contributed by atoms with Crippen molar-refractivity contribution in [3.05, 3.63) is 29.2 Å². The molecule has 0 bridgehead atoms. The van der Waals surface area contributed by atoms with Gasteiger partial charge in [-0.2, -0.15) is 0 Å². The standard InChI is InChI=1S/C11H15N5O/c1-6-8(7(2)17-16-6)5-14-10-4-3-9(12)11(13)15-10/h3-4H,5,12H2,1-2H3,(H3,13,14,15). The van der Waals surface area contributed by atoms with E-state index in [2.05, 4.69) is 15.5 Å². The number of hydrogen-bond acceptors (Lipinski definition) is 6. The molecular weight excluding hydrogens is 218 g/mol. The van der Waals surface area contributed by atoms with Crippen LogP contribution in [0.4, 0.5) is 17.3 Å². The van der Waals surface area contributed by atoms with Crippen LogP contribution in [0.1, 0.15) is 17.0 Å². The molecule has 0 radical (unpaired) electrons. The quantitative estimate of drug-likeness (QED) is 0.741. The second kappa shape index (κ2) is 4.32. The summed E-state index contributed by atoms with van der Waals surface area (Å²) in [6, 6.07) is 3.50. The fraction of sp³-hybridized carbons (Fsp3) is 0.273. The van der Waals surface area contributed by atoms with E-state index in [1.807, 2.05) is 13.8 Å². The van der Waals surface area contributed by atoms with Gasteiger partial charge in [-0.05, 0) is 26.0 Å². The lowest BCUT2D eigenvalue weighted by Crippen LogP contribution is -2.05. The first-order chi connectivity index (χ1) is 8.08. The first kappa shape index (κ1) is 11.3. The smallest absolute Gasteiger partial charge is 0.149 e. The van der Waals surface area contributed by atoms with Crippen LogP contribution in [0.5, 0.6) is 0 Å². The summed E-state index contributed by atoms with van der Waals surface area (Å²) < 4.78 is 5.07. The monoisotopic (exact) mass is 233 g/mol.